The van der Waals surface area contributed by atoms with Gasteiger partial charge in [0.05, 0.1) is 7.11 Å². The van der Waals surface area contributed by atoms with E-state index >= 15 is 0 Å². The Hall–Kier alpha value is -2.30. The van der Waals surface area contributed by atoms with E-state index in [1.54, 1.807) is 7.11 Å². The fourth-order valence-corrected chi connectivity index (χ4v) is 4.60. The van der Waals surface area contributed by atoms with E-state index in [1.807, 2.05) is 24.3 Å². The number of aromatic nitrogens is 1. The molecule has 0 saturated heterocycles. The summed E-state index contributed by atoms with van der Waals surface area (Å²) in [6, 6.07) is 7.43. The maximum atomic E-state index is 12.6. The molecule has 2 saturated carbocycles. The molecule has 5 heteroatoms. The minimum atomic E-state index is -0.152. The van der Waals surface area contributed by atoms with Crippen LogP contribution < -0.4 is 10.1 Å². The van der Waals surface area contributed by atoms with E-state index in [9.17, 15) is 4.79 Å². The molecule has 1 aromatic carbocycles. The van der Waals surface area contributed by atoms with E-state index in [0.717, 1.165) is 29.7 Å². The van der Waals surface area contributed by atoms with Crippen LogP contribution in [-0.4, -0.2) is 24.5 Å². The van der Waals surface area contributed by atoms with Crippen molar-refractivity contribution in [1.29, 1.82) is 0 Å². The minimum absolute atomic E-state index is 0.152. The lowest BCUT2D eigenvalue weighted by atomic mass is 9.92. The quantitative estimate of drug-likeness (QED) is 0.896. The predicted molar refractivity (Wildman–Crippen MR) is 94.4 cm³/mol. The molecule has 0 bridgehead atoms. The third kappa shape index (κ3) is 3.15. The predicted octanol–water partition coefficient (Wildman–Crippen LogP) is 3.91. The maximum Gasteiger partial charge on any atom is 0.273 e. The van der Waals surface area contributed by atoms with Gasteiger partial charge in [0.2, 0.25) is 0 Å². The van der Waals surface area contributed by atoms with E-state index in [0.29, 0.717) is 17.4 Å². The molecule has 1 N–H and O–H groups in total. The summed E-state index contributed by atoms with van der Waals surface area (Å²) in [5.74, 6) is 3.43. The number of nitrogens with one attached hydrogen (secondary N) is 1. The summed E-state index contributed by atoms with van der Waals surface area (Å²) in [5, 5.41) is 3.09. The second kappa shape index (κ2) is 6.90. The fourth-order valence-electron chi connectivity index (χ4n) is 4.60. The van der Waals surface area contributed by atoms with E-state index in [2.05, 4.69) is 10.3 Å². The summed E-state index contributed by atoms with van der Waals surface area (Å²) in [6.45, 7) is 0.745. The first-order valence-corrected chi connectivity index (χ1v) is 9.12. The molecule has 132 valence electrons. The number of nitrogens with zero attached hydrogens (tertiary/aromatic N) is 1. The van der Waals surface area contributed by atoms with Gasteiger partial charge in [0.25, 0.3) is 5.91 Å². The Kier molecular flexibility index (Phi) is 4.47. The number of benzene rings is 1. The van der Waals surface area contributed by atoms with Crippen LogP contribution in [0.2, 0.25) is 0 Å². The topological polar surface area (TPSA) is 64.4 Å². The summed E-state index contributed by atoms with van der Waals surface area (Å²) >= 11 is 0. The van der Waals surface area contributed by atoms with Crippen LogP contribution in [0.3, 0.4) is 0 Å². The Balaban J connectivity index is 1.43. The summed E-state index contributed by atoms with van der Waals surface area (Å²) < 4.78 is 10.6. The van der Waals surface area contributed by atoms with Crippen molar-refractivity contribution >= 4 is 5.91 Å². The van der Waals surface area contributed by atoms with Crippen LogP contribution >= 0.6 is 0 Å². The van der Waals surface area contributed by atoms with Crippen LogP contribution in [0, 0.1) is 17.8 Å². The zero-order valence-corrected chi connectivity index (χ0v) is 14.5. The Labute approximate surface area is 147 Å². The third-order valence-electron chi connectivity index (χ3n) is 5.89. The SMILES string of the molecule is COc1ccc(-c2ocnc2C(=O)NC[C@H]2CC[C@@H]3CCC[C@@H]32)cc1. The second-order valence-corrected chi connectivity index (χ2v) is 7.16. The highest BCUT2D eigenvalue weighted by molar-refractivity contribution is 5.97. The lowest BCUT2D eigenvalue weighted by Gasteiger charge is -2.18. The van der Waals surface area contributed by atoms with Gasteiger partial charge in [0.1, 0.15) is 5.75 Å². The van der Waals surface area contributed by atoms with Gasteiger partial charge in [-0.15, -0.1) is 0 Å². The molecule has 4 rings (SSSR count). The molecule has 3 atom stereocenters. The molecule has 0 radical (unpaired) electrons. The van der Waals surface area contributed by atoms with Crippen molar-refractivity contribution in [2.24, 2.45) is 17.8 Å². The fraction of sp³-hybridized carbons (Fsp3) is 0.500. The molecule has 1 heterocycles. The molecule has 5 nitrogen and oxygen atoms in total. The van der Waals surface area contributed by atoms with Crippen molar-refractivity contribution in [3.63, 3.8) is 0 Å². The van der Waals surface area contributed by atoms with Crippen LogP contribution in [-0.2, 0) is 0 Å². The normalized spacial score (nSPS) is 24.9. The Morgan fingerprint density at radius 2 is 2.08 bits per heavy atom. The monoisotopic (exact) mass is 340 g/mol. The number of fused-ring (bicyclic) bond motifs is 1. The largest absolute Gasteiger partial charge is 0.497 e. The van der Waals surface area contributed by atoms with Crippen molar-refractivity contribution < 1.29 is 13.9 Å². The van der Waals surface area contributed by atoms with Gasteiger partial charge in [-0.25, -0.2) is 4.98 Å². The molecule has 25 heavy (non-hydrogen) atoms. The van der Waals surface area contributed by atoms with Gasteiger partial charge in [-0.3, -0.25) is 4.79 Å². The number of carbonyl (C=O) groups excluding carboxylic acids is 1. The van der Waals surface area contributed by atoms with Crippen LogP contribution in [0.25, 0.3) is 11.3 Å². The van der Waals surface area contributed by atoms with Crippen molar-refractivity contribution in [1.82, 2.24) is 10.3 Å². The number of hydrogen-bond acceptors (Lipinski definition) is 4. The molecule has 2 aliphatic carbocycles. The number of oxazole rings is 1. The van der Waals surface area contributed by atoms with Gasteiger partial charge in [-0.05, 0) is 61.3 Å². The van der Waals surface area contributed by atoms with Gasteiger partial charge in [0, 0.05) is 12.1 Å². The highest BCUT2D eigenvalue weighted by Crippen LogP contribution is 2.47. The van der Waals surface area contributed by atoms with Crippen LogP contribution in [0.4, 0.5) is 0 Å². The number of amides is 1. The molecule has 2 aromatic rings. The highest BCUT2D eigenvalue weighted by atomic mass is 16.5. The summed E-state index contributed by atoms with van der Waals surface area (Å²) in [5.41, 5.74) is 1.17. The zero-order chi connectivity index (χ0) is 17.2. The van der Waals surface area contributed by atoms with Gasteiger partial charge >= 0.3 is 0 Å². The Morgan fingerprint density at radius 1 is 1.24 bits per heavy atom. The van der Waals surface area contributed by atoms with Crippen LogP contribution in [0.5, 0.6) is 5.75 Å². The lowest BCUT2D eigenvalue weighted by molar-refractivity contribution is 0.0939. The molecular weight excluding hydrogens is 316 g/mol. The first-order valence-electron chi connectivity index (χ1n) is 9.12. The number of carbonyl (C=O) groups is 1. The van der Waals surface area contributed by atoms with E-state index in [-0.39, 0.29) is 5.91 Å². The maximum absolute atomic E-state index is 12.6. The summed E-state index contributed by atoms with van der Waals surface area (Å²) in [7, 11) is 1.63. The molecule has 0 unspecified atom stereocenters. The van der Waals surface area contributed by atoms with Crippen LogP contribution in [0.15, 0.2) is 35.1 Å². The Morgan fingerprint density at radius 3 is 2.88 bits per heavy atom. The first-order chi connectivity index (χ1) is 12.3. The van der Waals surface area contributed by atoms with Crippen LogP contribution in [0.1, 0.15) is 42.6 Å². The lowest BCUT2D eigenvalue weighted by Crippen LogP contribution is -2.31. The third-order valence-corrected chi connectivity index (χ3v) is 5.89. The molecule has 2 aliphatic rings. The smallest absolute Gasteiger partial charge is 0.273 e. The average Bonchev–Trinajstić information content (AvgIpc) is 3.36. The Bertz CT molecular complexity index is 738. The average molecular weight is 340 g/mol. The first kappa shape index (κ1) is 16.2. The zero-order valence-electron chi connectivity index (χ0n) is 14.5. The molecule has 1 aromatic heterocycles. The number of ether oxygens (including phenoxy) is 1. The van der Waals surface area contributed by atoms with E-state index in [1.165, 1.54) is 38.5 Å². The minimum Gasteiger partial charge on any atom is -0.497 e. The second-order valence-electron chi connectivity index (χ2n) is 7.16. The molecule has 2 fully saturated rings. The van der Waals surface area contributed by atoms with Crippen molar-refractivity contribution in [2.45, 2.75) is 32.1 Å². The van der Waals surface area contributed by atoms with E-state index < -0.39 is 0 Å². The number of rotatable bonds is 5. The highest BCUT2D eigenvalue weighted by Gasteiger charge is 2.39. The van der Waals surface area contributed by atoms with Gasteiger partial charge in [-0.2, -0.15) is 0 Å². The van der Waals surface area contributed by atoms with Crippen molar-refractivity contribution in [2.75, 3.05) is 13.7 Å². The molecule has 0 aliphatic heterocycles. The standard InChI is InChI=1S/C20H24N2O3/c1-24-16-9-7-14(8-10-16)19-18(22-12-25-19)20(23)21-11-15-6-5-13-3-2-4-17(13)15/h7-10,12-13,15,17H,2-6,11H2,1H3,(H,21,23)/t13-,15+,17-/m0/s1. The van der Waals surface area contributed by atoms with E-state index in [4.69, 9.17) is 9.15 Å². The van der Waals surface area contributed by atoms with Crippen molar-refractivity contribution in [3.05, 3.63) is 36.4 Å². The summed E-state index contributed by atoms with van der Waals surface area (Å²) in [4.78, 5) is 16.8. The van der Waals surface area contributed by atoms with Gasteiger partial charge in [0.15, 0.2) is 17.8 Å². The molecule has 1 amide bonds. The summed E-state index contributed by atoms with van der Waals surface area (Å²) in [6.07, 6.45) is 7.94. The van der Waals surface area contributed by atoms with Crippen molar-refractivity contribution in [3.8, 4) is 17.1 Å². The number of methoxy groups -OCH3 is 1. The molecule has 0 spiro atoms. The van der Waals surface area contributed by atoms with Gasteiger partial charge < -0.3 is 14.5 Å². The van der Waals surface area contributed by atoms with Gasteiger partial charge in [-0.1, -0.05) is 12.8 Å². The molecular formula is C20H24N2O3. The number of hydrogen-bond donors (Lipinski definition) is 1.